The number of imidazole rings is 1. The third-order valence-corrected chi connectivity index (χ3v) is 11.2. The molecule has 1 saturated heterocycles. The van der Waals surface area contributed by atoms with Crippen LogP contribution in [0.1, 0.15) is 86.8 Å². The number of aliphatic imine (C=N–C) groups is 1. The summed E-state index contributed by atoms with van der Waals surface area (Å²) in [6.45, 7) is 7.16. The molecule has 52 heavy (non-hydrogen) atoms. The quantitative estimate of drug-likeness (QED) is 0.184. The normalized spacial score (nSPS) is 27.0. The van der Waals surface area contributed by atoms with Gasteiger partial charge in [0.15, 0.2) is 5.82 Å². The number of H-pyrrole nitrogens is 1. The van der Waals surface area contributed by atoms with E-state index in [0.717, 1.165) is 36.9 Å². The second-order valence-electron chi connectivity index (χ2n) is 14.7. The second-order valence-corrected chi connectivity index (χ2v) is 14.7. The first kappa shape index (κ1) is 37.0. The zero-order valence-corrected chi connectivity index (χ0v) is 30.8. The van der Waals surface area contributed by atoms with Crippen molar-refractivity contribution in [2.45, 2.75) is 88.5 Å². The highest BCUT2D eigenvalue weighted by molar-refractivity contribution is 6.02. The van der Waals surface area contributed by atoms with E-state index in [2.05, 4.69) is 27.5 Å². The van der Waals surface area contributed by atoms with Gasteiger partial charge < -0.3 is 39.3 Å². The van der Waals surface area contributed by atoms with Crippen LogP contribution in [-0.2, 0) is 30.8 Å². The van der Waals surface area contributed by atoms with Gasteiger partial charge >= 0.3 is 5.97 Å². The molecular formula is C38H49N7O7. The minimum atomic E-state index is -0.744. The fourth-order valence-electron chi connectivity index (χ4n) is 7.85. The van der Waals surface area contributed by atoms with E-state index in [4.69, 9.17) is 19.2 Å². The van der Waals surface area contributed by atoms with Crippen molar-refractivity contribution in [3.8, 4) is 11.1 Å². The molecule has 0 radical (unpaired) electrons. The minimum Gasteiger partial charge on any atom is -0.464 e. The lowest BCUT2D eigenvalue weighted by Crippen LogP contribution is -2.65. The molecule has 0 bridgehead atoms. The number of anilines is 2. The summed E-state index contributed by atoms with van der Waals surface area (Å²) in [4.78, 5) is 65.8. The van der Waals surface area contributed by atoms with Crippen molar-refractivity contribution in [2.24, 2.45) is 18.0 Å². The SMILES string of the molecule is COC(=O)c1cc(-c2ccc(NC(=O)c3nc(NC(=O)CCCOC4(C)CC5(C)N=C[C@@H]6CCCCN6C(=O)C5CC4(C)OC)cn3C)cc2)c[nH]1. The summed E-state index contributed by atoms with van der Waals surface area (Å²) in [5.41, 5.74) is 0.455. The van der Waals surface area contributed by atoms with Crippen molar-refractivity contribution in [2.75, 3.05) is 38.0 Å². The van der Waals surface area contributed by atoms with E-state index in [1.54, 1.807) is 49.3 Å². The predicted molar refractivity (Wildman–Crippen MR) is 195 cm³/mol. The highest BCUT2D eigenvalue weighted by atomic mass is 16.6. The number of esters is 1. The first-order chi connectivity index (χ1) is 24.8. The van der Waals surface area contributed by atoms with Crippen LogP contribution < -0.4 is 10.6 Å². The first-order valence-electron chi connectivity index (χ1n) is 17.8. The minimum absolute atomic E-state index is 0.0482. The molecule has 4 heterocycles. The molecule has 1 aliphatic carbocycles. The highest BCUT2D eigenvalue weighted by Gasteiger charge is 2.61. The molecule has 3 amide bonds. The van der Waals surface area contributed by atoms with Crippen LogP contribution in [0, 0.1) is 5.92 Å². The summed E-state index contributed by atoms with van der Waals surface area (Å²) in [6.07, 6.45) is 9.96. The summed E-state index contributed by atoms with van der Waals surface area (Å²) < 4.78 is 18.9. The smallest absolute Gasteiger partial charge is 0.354 e. The van der Waals surface area contributed by atoms with Crippen LogP contribution in [0.3, 0.4) is 0 Å². The predicted octanol–water partition coefficient (Wildman–Crippen LogP) is 4.99. The number of amides is 3. The lowest BCUT2D eigenvalue weighted by Gasteiger charge is -2.56. The lowest BCUT2D eigenvalue weighted by atomic mass is 9.60. The molecule has 1 saturated carbocycles. The van der Waals surface area contributed by atoms with Crippen molar-refractivity contribution in [3.63, 3.8) is 0 Å². The number of nitrogens with one attached hydrogen (secondary N) is 3. The maximum Gasteiger partial charge on any atom is 0.354 e. The van der Waals surface area contributed by atoms with Gasteiger partial charge in [-0.1, -0.05) is 12.1 Å². The summed E-state index contributed by atoms with van der Waals surface area (Å²) >= 11 is 0. The Morgan fingerprint density at radius 3 is 2.54 bits per heavy atom. The average Bonchev–Trinajstić information content (AvgIpc) is 3.75. The number of methoxy groups -OCH3 is 2. The van der Waals surface area contributed by atoms with E-state index < -0.39 is 28.6 Å². The number of hydrogen-bond donors (Lipinski definition) is 3. The van der Waals surface area contributed by atoms with Crippen LogP contribution in [0.2, 0.25) is 0 Å². The third kappa shape index (κ3) is 7.26. The highest BCUT2D eigenvalue weighted by Crippen LogP contribution is 2.52. The van der Waals surface area contributed by atoms with Crippen LogP contribution in [0.5, 0.6) is 0 Å². The number of carbonyl (C=O) groups is 4. The van der Waals surface area contributed by atoms with Gasteiger partial charge in [0, 0.05) is 64.4 Å². The zero-order chi connectivity index (χ0) is 37.3. The number of aromatic nitrogens is 3. The standard InChI is InChI=1S/C38H49N7O7/c1-36-23-38(3,37(2,51-6)19-28(36)34(48)45-16-8-7-10-27(45)21-40-36)52-17-9-11-31(46)42-30-22-44(4)32(43-30)33(47)41-26-14-12-24(13-15-26)25-18-29(39-20-25)35(49)50-5/h12-15,18,20-22,27-28,39H,7-11,16-17,19,23H2,1-6H3,(H,41,47)(H,42,46)/t27-,28?,36?,37?,38?/m0/s1. The second kappa shape index (κ2) is 14.7. The van der Waals surface area contributed by atoms with Gasteiger partial charge in [0.05, 0.1) is 35.8 Å². The lowest BCUT2D eigenvalue weighted by molar-refractivity contribution is -0.222. The van der Waals surface area contributed by atoms with Gasteiger partial charge in [-0.3, -0.25) is 19.4 Å². The number of carbonyl (C=O) groups excluding carboxylic acids is 4. The van der Waals surface area contributed by atoms with E-state index in [0.29, 0.717) is 37.3 Å². The fraction of sp³-hybridized carbons (Fsp3) is 0.526. The van der Waals surface area contributed by atoms with E-state index in [-0.39, 0.29) is 41.8 Å². The number of nitrogens with zero attached hydrogens (tertiary/aromatic N) is 4. The van der Waals surface area contributed by atoms with Crippen molar-refractivity contribution in [3.05, 3.63) is 54.2 Å². The fourth-order valence-corrected chi connectivity index (χ4v) is 7.85. The molecule has 14 nitrogen and oxygen atoms in total. The van der Waals surface area contributed by atoms with Crippen LogP contribution in [0.4, 0.5) is 11.5 Å². The molecule has 4 unspecified atom stereocenters. The Hall–Kier alpha value is -4.82. The number of aryl methyl sites for hydroxylation is 1. The zero-order valence-electron chi connectivity index (χ0n) is 30.8. The van der Waals surface area contributed by atoms with Crippen LogP contribution in [-0.4, -0.2) is 99.5 Å². The molecule has 14 heteroatoms. The Bertz CT molecular complexity index is 1850. The topological polar surface area (TPSA) is 169 Å². The molecule has 278 valence electrons. The van der Waals surface area contributed by atoms with E-state index >= 15 is 0 Å². The molecule has 0 spiro atoms. The Kier molecular flexibility index (Phi) is 10.4. The van der Waals surface area contributed by atoms with Gasteiger partial charge in [0.25, 0.3) is 5.91 Å². The molecule has 1 aromatic carbocycles. The summed E-state index contributed by atoms with van der Waals surface area (Å²) in [6, 6.07) is 8.89. The number of piperidine rings is 1. The molecular weight excluding hydrogens is 666 g/mol. The number of ether oxygens (including phenoxy) is 3. The molecule has 2 aromatic heterocycles. The monoisotopic (exact) mass is 715 g/mol. The van der Waals surface area contributed by atoms with E-state index in [1.165, 1.54) is 7.11 Å². The Balaban J connectivity index is 1.01. The average molecular weight is 716 g/mol. The molecule has 6 rings (SSSR count). The molecule has 2 aliphatic heterocycles. The first-order valence-corrected chi connectivity index (χ1v) is 17.8. The van der Waals surface area contributed by atoms with Crippen LogP contribution >= 0.6 is 0 Å². The Morgan fingerprint density at radius 1 is 1.04 bits per heavy atom. The van der Waals surface area contributed by atoms with Crippen molar-refractivity contribution in [1.29, 1.82) is 0 Å². The maximum atomic E-state index is 13.8. The molecule has 2 fully saturated rings. The van der Waals surface area contributed by atoms with E-state index in [1.807, 2.05) is 37.1 Å². The number of fused-ring (bicyclic) bond motifs is 2. The van der Waals surface area contributed by atoms with Crippen molar-refractivity contribution in [1.82, 2.24) is 19.4 Å². The van der Waals surface area contributed by atoms with Crippen molar-refractivity contribution < 1.29 is 33.4 Å². The van der Waals surface area contributed by atoms with Gasteiger partial charge in [0.1, 0.15) is 5.69 Å². The summed E-state index contributed by atoms with van der Waals surface area (Å²) in [5.74, 6) is -0.904. The van der Waals surface area contributed by atoms with E-state index in [9.17, 15) is 19.2 Å². The molecule has 5 atom stereocenters. The number of aromatic amines is 1. The summed E-state index contributed by atoms with van der Waals surface area (Å²) in [7, 11) is 4.67. The Morgan fingerprint density at radius 2 is 1.81 bits per heavy atom. The Labute approximate surface area is 303 Å². The van der Waals surface area contributed by atoms with Gasteiger partial charge in [-0.15, -0.1) is 0 Å². The molecule has 3 aliphatic rings. The largest absolute Gasteiger partial charge is 0.464 e. The van der Waals surface area contributed by atoms with Crippen LogP contribution in [0.25, 0.3) is 11.1 Å². The number of benzene rings is 1. The third-order valence-electron chi connectivity index (χ3n) is 11.2. The molecule has 3 N–H and O–H groups in total. The number of hydrogen-bond acceptors (Lipinski definition) is 9. The van der Waals surface area contributed by atoms with Crippen molar-refractivity contribution >= 4 is 41.4 Å². The van der Waals surface area contributed by atoms with Gasteiger partial charge in [0.2, 0.25) is 17.6 Å². The number of rotatable bonds is 11. The van der Waals surface area contributed by atoms with Crippen LogP contribution in [0.15, 0.2) is 47.7 Å². The maximum absolute atomic E-state index is 13.8. The summed E-state index contributed by atoms with van der Waals surface area (Å²) in [5, 5.41) is 5.62. The van der Waals surface area contributed by atoms with Gasteiger partial charge in [-0.2, -0.15) is 0 Å². The van der Waals surface area contributed by atoms with Gasteiger partial charge in [-0.25, -0.2) is 9.78 Å². The van der Waals surface area contributed by atoms with Gasteiger partial charge in [-0.05, 0) is 82.2 Å². The molecule has 3 aromatic rings.